The van der Waals surface area contributed by atoms with E-state index in [0.717, 1.165) is 17.0 Å². The Labute approximate surface area is 137 Å². The third-order valence-electron chi connectivity index (χ3n) is 4.11. The molecule has 1 heterocycles. The number of anilines is 1. The van der Waals surface area contributed by atoms with Crippen LogP contribution in [0.4, 0.5) is 10.1 Å². The number of fused-ring (bicyclic) bond motifs is 1. The van der Waals surface area contributed by atoms with E-state index in [1.54, 1.807) is 0 Å². The number of nitrogens with one attached hydrogen (secondary N) is 1. The quantitative estimate of drug-likeness (QED) is 0.680. The zero-order valence-corrected chi connectivity index (χ0v) is 12.8. The third kappa shape index (κ3) is 2.99. The third-order valence-corrected chi connectivity index (χ3v) is 4.42. The van der Waals surface area contributed by atoms with Crippen LogP contribution in [0.5, 0.6) is 0 Å². The van der Waals surface area contributed by atoms with Crippen LogP contribution in [-0.4, -0.2) is 29.2 Å². The first-order valence-corrected chi connectivity index (χ1v) is 7.60. The van der Waals surface area contributed by atoms with Crippen LogP contribution in [0, 0.1) is 17.7 Å². The fourth-order valence-electron chi connectivity index (χ4n) is 2.95. The minimum atomic E-state index is -0.549. The number of likely N-dealkylation sites (tertiary alicyclic amines) is 1. The van der Waals surface area contributed by atoms with Crippen molar-refractivity contribution in [1.82, 2.24) is 4.90 Å². The lowest BCUT2D eigenvalue weighted by molar-refractivity contribution is -0.142. The average molecular weight is 337 g/mol. The van der Waals surface area contributed by atoms with Crippen LogP contribution in [0.25, 0.3) is 0 Å². The smallest absolute Gasteiger partial charge is 0.244 e. The maximum Gasteiger partial charge on any atom is 0.244 e. The number of carbonyl (C=O) groups excluding carboxylic acids is 3. The molecule has 2 aliphatic rings. The number of rotatable bonds is 3. The molecular weight excluding hydrogens is 323 g/mol. The van der Waals surface area contributed by atoms with Crippen LogP contribution in [0.2, 0.25) is 5.02 Å². The van der Waals surface area contributed by atoms with Gasteiger partial charge in [-0.15, -0.1) is 0 Å². The molecule has 0 aromatic heterocycles. The highest BCUT2D eigenvalue weighted by atomic mass is 35.5. The lowest BCUT2D eigenvalue weighted by atomic mass is 9.85. The SMILES string of the molecule is O=C(CN1C(=O)[C@@H]2CC=CC[C@H]2C1=O)Nc1ccc(F)cc1Cl. The van der Waals surface area contributed by atoms with E-state index in [1.807, 2.05) is 12.2 Å². The summed E-state index contributed by atoms with van der Waals surface area (Å²) in [6, 6.07) is 3.56. The molecule has 1 saturated heterocycles. The summed E-state index contributed by atoms with van der Waals surface area (Å²) >= 11 is 5.84. The van der Waals surface area contributed by atoms with Gasteiger partial charge >= 0.3 is 0 Å². The summed E-state index contributed by atoms with van der Waals surface area (Å²) in [4.78, 5) is 37.6. The Morgan fingerprint density at radius 1 is 1.22 bits per heavy atom. The molecule has 0 saturated carbocycles. The molecule has 1 aliphatic heterocycles. The second kappa shape index (κ2) is 6.12. The predicted octanol–water partition coefficient (Wildman–Crippen LogP) is 2.37. The van der Waals surface area contributed by atoms with E-state index in [2.05, 4.69) is 5.32 Å². The molecule has 3 amide bonds. The topological polar surface area (TPSA) is 66.5 Å². The van der Waals surface area contributed by atoms with E-state index >= 15 is 0 Å². The number of benzene rings is 1. The summed E-state index contributed by atoms with van der Waals surface area (Å²) in [5.41, 5.74) is 0.233. The molecule has 1 fully saturated rings. The molecule has 120 valence electrons. The van der Waals surface area contributed by atoms with Gasteiger partial charge in [0.1, 0.15) is 12.4 Å². The number of carbonyl (C=O) groups is 3. The van der Waals surface area contributed by atoms with Gasteiger partial charge in [-0.2, -0.15) is 0 Å². The average Bonchev–Trinajstić information content (AvgIpc) is 2.76. The summed E-state index contributed by atoms with van der Waals surface area (Å²) in [6.45, 7) is -0.363. The standard InChI is InChI=1S/C16H14ClFN2O3/c17-12-7-9(18)5-6-13(12)19-14(21)8-20-15(22)10-3-1-2-4-11(10)16(20)23/h1-2,5-7,10-11H,3-4,8H2,(H,19,21)/t10-,11-/m1/s1. The van der Waals surface area contributed by atoms with Crippen molar-refractivity contribution in [3.63, 3.8) is 0 Å². The first-order valence-electron chi connectivity index (χ1n) is 7.22. The molecule has 1 aromatic carbocycles. The van der Waals surface area contributed by atoms with Gasteiger partial charge in [0, 0.05) is 0 Å². The number of amides is 3. The Morgan fingerprint density at radius 2 is 1.83 bits per heavy atom. The van der Waals surface area contributed by atoms with Gasteiger partial charge < -0.3 is 5.32 Å². The number of halogens is 2. The number of imide groups is 1. The van der Waals surface area contributed by atoms with E-state index < -0.39 is 11.7 Å². The van der Waals surface area contributed by atoms with E-state index in [9.17, 15) is 18.8 Å². The summed E-state index contributed by atoms with van der Waals surface area (Å²) in [5.74, 6) is -2.43. The van der Waals surface area contributed by atoms with Gasteiger partial charge in [-0.05, 0) is 31.0 Å². The molecule has 0 bridgehead atoms. The van der Waals surface area contributed by atoms with Crippen LogP contribution in [-0.2, 0) is 14.4 Å². The largest absolute Gasteiger partial charge is 0.323 e. The maximum atomic E-state index is 13.0. The van der Waals surface area contributed by atoms with E-state index in [0.29, 0.717) is 12.8 Å². The Balaban J connectivity index is 1.68. The second-order valence-electron chi connectivity index (χ2n) is 5.59. The molecule has 0 unspecified atom stereocenters. The van der Waals surface area contributed by atoms with Gasteiger partial charge in [0.2, 0.25) is 17.7 Å². The Hall–Kier alpha value is -2.21. The van der Waals surface area contributed by atoms with Crippen molar-refractivity contribution in [2.45, 2.75) is 12.8 Å². The minimum Gasteiger partial charge on any atom is -0.323 e. The van der Waals surface area contributed by atoms with Gasteiger partial charge in [-0.1, -0.05) is 23.8 Å². The molecule has 0 spiro atoms. The first-order chi connectivity index (χ1) is 11.0. The molecule has 1 aliphatic carbocycles. The van der Waals surface area contributed by atoms with Gasteiger partial charge in [0.05, 0.1) is 22.5 Å². The number of hydrogen-bond acceptors (Lipinski definition) is 3. The van der Waals surface area contributed by atoms with Crippen molar-refractivity contribution in [3.8, 4) is 0 Å². The fraction of sp³-hybridized carbons (Fsp3) is 0.312. The van der Waals surface area contributed by atoms with Crippen molar-refractivity contribution >= 4 is 35.0 Å². The van der Waals surface area contributed by atoms with Crippen LogP contribution >= 0.6 is 11.6 Å². The number of allylic oxidation sites excluding steroid dienone is 2. The van der Waals surface area contributed by atoms with Gasteiger partial charge in [0.25, 0.3) is 0 Å². The van der Waals surface area contributed by atoms with Crippen LogP contribution in [0.1, 0.15) is 12.8 Å². The Bertz CT molecular complexity index is 693. The van der Waals surface area contributed by atoms with Crippen molar-refractivity contribution < 1.29 is 18.8 Å². The highest BCUT2D eigenvalue weighted by Gasteiger charge is 2.47. The first kappa shape index (κ1) is 15.7. The summed E-state index contributed by atoms with van der Waals surface area (Å²) in [6.07, 6.45) is 4.82. The Morgan fingerprint density at radius 3 is 2.39 bits per heavy atom. The fourth-order valence-corrected chi connectivity index (χ4v) is 3.16. The monoisotopic (exact) mass is 336 g/mol. The molecule has 1 aromatic rings. The van der Waals surface area contributed by atoms with Crippen molar-refractivity contribution in [2.24, 2.45) is 11.8 Å². The van der Waals surface area contributed by atoms with Crippen molar-refractivity contribution in [3.05, 3.63) is 41.2 Å². The van der Waals surface area contributed by atoms with E-state index in [4.69, 9.17) is 11.6 Å². The predicted molar refractivity (Wildman–Crippen MR) is 82.1 cm³/mol. The summed E-state index contributed by atoms with van der Waals surface area (Å²) in [7, 11) is 0. The van der Waals surface area contributed by atoms with Crippen LogP contribution in [0.3, 0.4) is 0 Å². The molecule has 2 atom stereocenters. The number of nitrogens with zero attached hydrogens (tertiary/aromatic N) is 1. The maximum absolute atomic E-state index is 13.0. The van der Waals surface area contributed by atoms with Gasteiger partial charge in [-0.25, -0.2) is 4.39 Å². The molecule has 0 radical (unpaired) electrons. The zero-order chi connectivity index (χ0) is 16.6. The highest BCUT2D eigenvalue weighted by Crippen LogP contribution is 2.34. The number of hydrogen-bond donors (Lipinski definition) is 1. The zero-order valence-electron chi connectivity index (χ0n) is 12.1. The Kier molecular flexibility index (Phi) is 4.17. The molecule has 7 heteroatoms. The minimum absolute atomic E-state index is 0.0512. The van der Waals surface area contributed by atoms with Crippen molar-refractivity contribution in [2.75, 3.05) is 11.9 Å². The molecule has 23 heavy (non-hydrogen) atoms. The normalized spacial score (nSPS) is 23.1. The molecular formula is C16H14ClFN2O3. The van der Waals surface area contributed by atoms with Crippen LogP contribution < -0.4 is 5.32 Å². The lowest BCUT2D eigenvalue weighted by Crippen LogP contribution is -2.38. The van der Waals surface area contributed by atoms with E-state index in [1.165, 1.54) is 6.07 Å². The van der Waals surface area contributed by atoms with Gasteiger partial charge in [0.15, 0.2) is 0 Å². The molecule has 5 nitrogen and oxygen atoms in total. The van der Waals surface area contributed by atoms with E-state index in [-0.39, 0.29) is 40.9 Å². The molecule has 1 N–H and O–H groups in total. The highest BCUT2D eigenvalue weighted by molar-refractivity contribution is 6.33. The second-order valence-corrected chi connectivity index (χ2v) is 6.00. The van der Waals surface area contributed by atoms with Crippen LogP contribution in [0.15, 0.2) is 30.4 Å². The summed E-state index contributed by atoms with van der Waals surface area (Å²) in [5, 5.41) is 2.54. The van der Waals surface area contributed by atoms with Gasteiger partial charge in [-0.3, -0.25) is 19.3 Å². The van der Waals surface area contributed by atoms with Crippen molar-refractivity contribution in [1.29, 1.82) is 0 Å². The summed E-state index contributed by atoms with van der Waals surface area (Å²) < 4.78 is 13.0. The lowest BCUT2D eigenvalue weighted by Gasteiger charge is -2.15. The molecule has 3 rings (SSSR count).